The molecule has 0 radical (unpaired) electrons. The minimum atomic E-state index is -0.308. The Morgan fingerprint density at radius 1 is 1.39 bits per heavy atom. The molecule has 3 nitrogen and oxygen atoms in total. The summed E-state index contributed by atoms with van der Waals surface area (Å²) >= 11 is 3.43. The van der Waals surface area contributed by atoms with Crippen LogP contribution in [0.5, 0.6) is 0 Å². The van der Waals surface area contributed by atoms with E-state index in [-0.39, 0.29) is 11.4 Å². The van der Waals surface area contributed by atoms with Crippen LogP contribution in [0.3, 0.4) is 0 Å². The lowest BCUT2D eigenvalue weighted by molar-refractivity contribution is 0.0942. The third-order valence-corrected chi connectivity index (χ3v) is 4.30. The van der Waals surface area contributed by atoms with Gasteiger partial charge in [-0.2, -0.15) is 0 Å². The zero-order chi connectivity index (χ0) is 13.8. The second-order valence-corrected chi connectivity index (χ2v) is 5.57. The van der Waals surface area contributed by atoms with Crippen molar-refractivity contribution in [1.82, 2.24) is 5.32 Å². The molecule has 0 aliphatic rings. The molecule has 100 valence electrons. The first-order valence-electron chi connectivity index (χ1n) is 6.25. The van der Waals surface area contributed by atoms with Crippen molar-refractivity contribution in [1.29, 1.82) is 0 Å². The first-order valence-corrected chi connectivity index (χ1v) is 7.04. The number of carbonyl (C=O) groups excluding carboxylic acids is 1. The van der Waals surface area contributed by atoms with E-state index in [1.807, 2.05) is 39.0 Å². The lowest BCUT2D eigenvalue weighted by atomic mass is 9.94. The van der Waals surface area contributed by atoms with Crippen molar-refractivity contribution < 1.29 is 4.79 Å². The molecule has 0 aliphatic carbocycles. The van der Waals surface area contributed by atoms with Gasteiger partial charge in [0.1, 0.15) is 0 Å². The smallest absolute Gasteiger partial charge is 0.251 e. The second-order valence-electron chi connectivity index (χ2n) is 4.72. The molecular weight excluding hydrogens is 292 g/mol. The Morgan fingerprint density at radius 3 is 2.50 bits per heavy atom. The number of hydrogen-bond acceptors (Lipinski definition) is 2. The molecule has 1 amide bonds. The molecule has 1 aromatic rings. The van der Waals surface area contributed by atoms with Crippen molar-refractivity contribution in [3.8, 4) is 0 Å². The van der Waals surface area contributed by atoms with Crippen molar-refractivity contribution >= 4 is 21.8 Å². The Bertz CT molecular complexity index is 428. The Hall–Kier alpha value is -0.870. The Morgan fingerprint density at radius 2 is 2.00 bits per heavy atom. The zero-order valence-corrected chi connectivity index (χ0v) is 12.8. The fourth-order valence-corrected chi connectivity index (χ4v) is 1.97. The van der Waals surface area contributed by atoms with Crippen LogP contribution in [0.2, 0.25) is 0 Å². The summed E-state index contributed by atoms with van der Waals surface area (Å²) in [5.74, 6) is -0.0765. The Kier molecular flexibility index (Phi) is 5.35. The fourth-order valence-electron chi connectivity index (χ4n) is 1.59. The second kappa shape index (κ2) is 6.34. The predicted molar refractivity (Wildman–Crippen MR) is 78.7 cm³/mol. The Labute approximate surface area is 117 Å². The first kappa shape index (κ1) is 15.2. The summed E-state index contributed by atoms with van der Waals surface area (Å²) in [5, 5.41) is 2.90. The molecule has 0 bridgehead atoms. The summed E-state index contributed by atoms with van der Waals surface area (Å²) in [5.41, 5.74) is 7.61. The standard InChI is InChI=1S/C14H21BrN2O/c1-4-14(16,5-2)9-17-13(18)11-7-6-10(3)12(15)8-11/h6-8H,4-5,9,16H2,1-3H3,(H,17,18). The minimum Gasteiger partial charge on any atom is -0.350 e. The lowest BCUT2D eigenvalue weighted by Gasteiger charge is -2.26. The summed E-state index contributed by atoms with van der Waals surface area (Å²) in [4.78, 5) is 12.0. The summed E-state index contributed by atoms with van der Waals surface area (Å²) in [7, 11) is 0. The molecule has 0 aliphatic heterocycles. The molecular formula is C14H21BrN2O. The number of rotatable bonds is 5. The van der Waals surface area contributed by atoms with Crippen LogP contribution in [0.25, 0.3) is 0 Å². The van der Waals surface area contributed by atoms with Gasteiger partial charge >= 0.3 is 0 Å². The molecule has 0 heterocycles. The van der Waals surface area contributed by atoms with Gasteiger partial charge in [-0.25, -0.2) is 0 Å². The highest BCUT2D eigenvalue weighted by Crippen LogP contribution is 2.17. The van der Waals surface area contributed by atoms with Gasteiger partial charge in [-0.3, -0.25) is 4.79 Å². The normalized spacial score (nSPS) is 11.4. The number of benzene rings is 1. The van der Waals surface area contributed by atoms with Gasteiger partial charge < -0.3 is 11.1 Å². The summed E-state index contributed by atoms with van der Waals surface area (Å²) in [6.07, 6.45) is 1.70. The van der Waals surface area contributed by atoms with Gasteiger partial charge in [-0.15, -0.1) is 0 Å². The number of hydrogen-bond donors (Lipinski definition) is 2. The highest BCUT2D eigenvalue weighted by molar-refractivity contribution is 9.10. The number of amides is 1. The predicted octanol–water partition coefficient (Wildman–Crippen LogP) is 3.00. The Balaban J connectivity index is 2.68. The van der Waals surface area contributed by atoms with Crippen LogP contribution in [0.4, 0.5) is 0 Å². The van der Waals surface area contributed by atoms with Crippen LogP contribution in [0.1, 0.15) is 42.6 Å². The van der Waals surface area contributed by atoms with E-state index in [0.717, 1.165) is 22.9 Å². The van der Waals surface area contributed by atoms with Gasteiger partial charge in [0.2, 0.25) is 0 Å². The largest absolute Gasteiger partial charge is 0.350 e. The molecule has 0 spiro atoms. The molecule has 0 saturated carbocycles. The molecule has 0 saturated heterocycles. The summed E-state index contributed by atoms with van der Waals surface area (Å²) < 4.78 is 0.945. The van der Waals surface area contributed by atoms with Gasteiger partial charge in [0, 0.05) is 22.1 Å². The van der Waals surface area contributed by atoms with Crippen LogP contribution >= 0.6 is 15.9 Å². The van der Waals surface area contributed by atoms with Crippen LogP contribution in [0.15, 0.2) is 22.7 Å². The quantitative estimate of drug-likeness (QED) is 0.878. The van der Waals surface area contributed by atoms with E-state index < -0.39 is 0 Å². The van der Waals surface area contributed by atoms with E-state index in [9.17, 15) is 4.79 Å². The third-order valence-electron chi connectivity index (χ3n) is 3.44. The van der Waals surface area contributed by atoms with E-state index in [1.165, 1.54) is 0 Å². The van der Waals surface area contributed by atoms with E-state index >= 15 is 0 Å². The highest BCUT2D eigenvalue weighted by Gasteiger charge is 2.21. The molecule has 0 fully saturated rings. The molecule has 4 heteroatoms. The van der Waals surface area contributed by atoms with Crippen LogP contribution in [-0.4, -0.2) is 18.0 Å². The van der Waals surface area contributed by atoms with E-state index in [2.05, 4.69) is 21.2 Å². The van der Waals surface area contributed by atoms with Crippen LogP contribution < -0.4 is 11.1 Å². The maximum absolute atomic E-state index is 12.0. The molecule has 0 unspecified atom stereocenters. The summed E-state index contributed by atoms with van der Waals surface area (Å²) in [6, 6.07) is 5.58. The number of nitrogens with one attached hydrogen (secondary N) is 1. The monoisotopic (exact) mass is 312 g/mol. The molecule has 18 heavy (non-hydrogen) atoms. The van der Waals surface area contributed by atoms with Crippen molar-refractivity contribution in [2.24, 2.45) is 5.73 Å². The number of halogens is 1. The SMILES string of the molecule is CCC(N)(CC)CNC(=O)c1ccc(C)c(Br)c1. The molecule has 0 atom stereocenters. The van der Waals surface area contributed by atoms with Crippen molar-refractivity contribution in [3.63, 3.8) is 0 Å². The van der Waals surface area contributed by atoms with Gasteiger partial charge in [0.15, 0.2) is 0 Å². The van der Waals surface area contributed by atoms with E-state index in [0.29, 0.717) is 12.1 Å². The van der Waals surface area contributed by atoms with Crippen LogP contribution in [-0.2, 0) is 0 Å². The molecule has 0 aromatic heterocycles. The van der Waals surface area contributed by atoms with Gasteiger partial charge in [-0.05, 0) is 37.5 Å². The third kappa shape index (κ3) is 3.82. The van der Waals surface area contributed by atoms with Gasteiger partial charge in [0.25, 0.3) is 5.91 Å². The topological polar surface area (TPSA) is 55.1 Å². The van der Waals surface area contributed by atoms with E-state index in [1.54, 1.807) is 0 Å². The van der Waals surface area contributed by atoms with Crippen molar-refractivity contribution in [2.45, 2.75) is 39.2 Å². The number of nitrogens with two attached hydrogens (primary N) is 1. The number of aryl methyl sites for hydroxylation is 1. The maximum Gasteiger partial charge on any atom is 0.251 e. The zero-order valence-electron chi connectivity index (χ0n) is 11.2. The minimum absolute atomic E-state index is 0.0765. The average Bonchev–Trinajstić information content (AvgIpc) is 2.38. The molecule has 1 rings (SSSR count). The van der Waals surface area contributed by atoms with Gasteiger partial charge in [-0.1, -0.05) is 35.8 Å². The van der Waals surface area contributed by atoms with Gasteiger partial charge in [0.05, 0.1) is 0 Å². The van der Waals surface area contributed by atoms with E-state index in [4.69, 9.17) is 5.73 Å². The van der Waals surface area contributed by atoms with Crippen LogP contribution in [0, 0.1) is 6.92 Å². The first-order chi connectivity index (χ1) is 8.41. The average molecular weight is 313 g/mol. The lowest BCUT2D eigenvalue weighted by Crippen LogP contribution is -2.49. The number of carbonyl (C=O) groups is 1. The van der Waals surface area contributed by atoms with Crippen molar-refractivity contribution in [2.75, 3.05) is 6.54 Å². The molecule has 1 aromatic carbocycles. The highest BCUT2D eigenvalue weighted by atomic mass is 79.9. The van der Waals surface area contributed by atoms with Crippen molar-refractivity contribution in [3.05, 3.63) is 33.8 Å². The fraction of sp³-hybridized carbons (Fsp3) is 0.500. The summed E-state index contributed by atoms with van der Waals surface area (Å²) in [6.45, 7) is 6.57. The maximum atomic E-state index is 12.0. The molecule has 3 N–H and O–H groups in total.